The minimum atomic E-state index is -0.246. The summed E-state index contributed by atoms with van der Waals surface area (Å²) < 4.78 is 5.00. The van der Waals surface area contributed by atoms with Gasteiger partial charge in [0.15, 0.2) is 5.82 Å². The van der Waals surface area contributed by atoms with Gasteiger partial charge < -0.3 is 9.84 Å². The van der Waals surface area contributed by atoms with E-state index in [2.05, 4.69) is 32.6 Å². The zero-order valence-electron chi connectivity index (χ0n) is 14.7. The molecule has 0 unspecified atom stereocenters. The van der Waals surface area contributed by atoms with E-state index in [1.807, 2.05) is 0 Å². The van der Waals surface area contributed by atoms with Gasteiger partial charge in [0.25, 0.3) is 0 Å². The summed E-state index contributed by atoms with van der Waals surface area (Å²) in [5.74, 6) is 2.48. The predicted octanol–water partition coefficient (Wildman–Crippen LogP) is 4.05. The van der Waals surface area contributed by atoms with Crippen LogP contribution in [0.4, 0.5) is 5.82 Å². The quantitative estimate of drug-likeness (QED) is 0.687. The number of aryl methyl sites for hydroxylation is 1. The number of rotatable bonds is 8. The van der Waals surface area contributed by atoms with Crippen LogP contribution in [0, 0.1) is 6.92 Å². The molecule has 136 valence electrons. The van der Waals surface area contributed by atoms with E-state index in [4.69, 9.17) is 4.52 Å². The van der Waals surface area contributed by atoms with Gasteiger partial charge >= 0.3 is 0 Å². The number of anilines is 1. The van der Waals surface area contributed by atoms with Crippen LogP contribution < -0.4 is 5.32 Å². The Labute approximate surface area is 151 Å². The molecule has 2 heterocycles. The van der Waals surface area contributed by atoms with Crippen LogP contribution in [0.1, 0.15) is 69.4 Å². The number of nitrogens with one attached hydrogen (secondary N) is 2. The molecular weight excluding hydrogens is 338 g/mol. The maximum Gasteiger partial charge on any atom is 0.239 e. The smallest absolute Gasteiger partial charge is 0.239 e. The predicted molar refractivity (Wildman–Crippen MR) is 96.6 cm³/mol. The molecule has 1 fully saturated rings. The summed E-state index contributed by atoms with van der Waals surface area (Å²) in [6.45, 7) is 3.91. The third-order valence-electron chi connectivity index (χ3n) is 4.46. The molecule has 2 aromatic heterocycles. The fourth-order valence-electron chi connectivity index (χ4n) is 3.08. The Balaban J connectivity index is 1.64. The van der Waals surface area contributed by atoms with Crippen LogP contribution in [0.3, 0.4) is 0 Å². The second kappa shape index (κ2) is 8.51. The molecule has 0 radical (unpaired) electrons. The van der Waals surface area contributed by atoms with Gasteiger partial charge in [0.2, 0.25) is 11.1 Å². The number of thioether (sulfide) groups is 1. The first kappa shape index (κ1) is 18.0. The maximum absolute atomic E-state index is 12.6. The van der Waals surface area contributed by atoms with Crippen molar-refractivity contribution in [1.82, 2.24) is 20.3 Å². The molecule has 1 saturated carbocycles. The van der Waals surface area contributed by atoms with Crippen molar-refractivity contribution >= 4 is 23.5 Å². The molecule has 7 nitrogen and oxygen atoms in total. The average Bonchev–Trinajstić information content (AvgIpc) is 3.33. The molecule has 3 rings (SSSR count). The first-order valence-corrected chi connectivity index (χ1v) is 9.86. The van der Waals surface area contributed by atoms with E-state index in [0.717, 1.165) is 25.1 Å². The third-order valence-corrected chi connectivity index (χ3v) is 5.59. The lowest BCUT2D eigenvalue weighted by atomic mass is 10.1. The number of aromatic nitrogens is 4. The van der Waals surface area contributed by atoms with Gasteiger partial charge in [-0.2, -0.15) is 0 Å². The Hall–Kier alpha value is -1.83. The highest BCUT2D eigenvalue weighted by molar-refractivity contribution is 8.00. The Morgan fingerprint density at radius 1 is 1.48 bits per heavy atom. The second-order valence-electron chi connectivity index (χ2n) is 6.55. The van der Waals surface area contributed by atoms with Crippen LogP contribution >= 0.6 is 11.8 Å². The highest BCUT2D eigenvalue weighted by atomic mass is 32.2. The fraction of sp³-hybridized carbons (Fsp3) is 0.647. The number of hydrogen-bond donors (Lipinski definition) is 2. The molecular formula is C17H25N5O2S. The van der Waals surface area contributed by atoms with E-state index in [-0.39, 0.29) is 11.2 Å². The lowest BCUT2D eigenvalue weighted by molar-refractivity contribution is -0.115. The summed E-state index contributed by atoms with van der Waals surface area (Å²) in [5.41, 5.74) is 0. The molecule has 1 atom stereocenters. The molecule has 0 saturated heterocycles. The number of unbranched alkanes of at least 4 members (excludes halogenated alkanes) is 1. The Morgan fingerprint density at radius 3 is 2.96 bits per heavy atom. The molecule has 1 aliphatic rings. The molecule has 0 spiro atoms. The van der Waals surface area contributed by atoms with Crippen molar-refractivity contribution < 1.29 is 9.32 Å². The molecule has 1 aliphatic carbocycles. The standard InChI is InChI=1S/C17H25N5O2S/c1-3-4-9-13(16(23)18-14-10-11(2)24-22-14)25-17-19-15(20-21-17)12-7-5-6-8-12/h10,12-13H,3-9H2,1-2H3,(H,18,22,23)(H,19,20,21)/t13-/m0/s1. The number of carbonyl (C=O) groups is 1. The number of nitrogens with zero attached hydrogens (tertiary/aromatic N) is 3. The number of aromatic amines is 1. The first-order chi connectivity index (χ1) is 12.2. The summed E-state index contributed by atoms with van der Waals surface area (Å²) in [6.07, 6.45) is 7.64. The van der Waals surface area contributed by atoms with Gasteiger partial charge in [-0.25, -0.2) is 4.98 Å². The number of H-pyrrole nitrogens is 1. The summed E-state index contributed by atoms with van der Waals surface area (Å²) in [5, 5.41) is 14.4. The van der Waals surface area contributed by atoms with Crippen molar-refractivity contribution in [2.24, 2.45) is 0 Å². The first-order valence-electron chi connectivity index (χ1n) is 8.99. The third kappa shape index (κ3) is 4.84. The number of amides is 1. The number of carbonyl (C=O) groups excluding carboxylic acids is 1. The zero-order chi connectivity index (χ0) is 17.6. The van der Waals surface area contributed by atoms with Crippen molar-refractivity contribution in [3.63, 3.8) is 0 Å². The molecule has 0 bridgehead atoms. The Bertz CT molecular complexity index is 693. The summed E-state index contributed by atoms with van der Waals surface area (Å²) in [7, 11) is 0. The summed E-state index contributed by atoms with van der Waals surface area (Å²) in [4.78, 5) is 17.2. The van der Waals surface area contributed by atoms with Crippen molar-refractivity contribution in [2.45, 2.75) is 75.1 Å². The fourth-order valence-corrected chi connectivity index (χ4v) is 4.04. The van der Waals surface area contributed by atoms with Crippen LogP contribution in [-0.4, -0.2) is 31.5 Å². The van der Waals surface area contributed by atoms with Crippen molar-refractivity contribution in [3.05, 3.63) is 17.7 Å². The van der Waals surface area contributed by atoms with E-state index in [1.54, 1.807) is 13.0 Å². The van der Waals surface area contributed by atoms with E-state index in [0.29, 0.717) is 22.7 Å². The van der Waals surface area contributed by atoms with Crippen LogP contribution in [0.25, 0.3) is 0 Å². The maximum atomic E-state index is 12.6. The molecule has 25 heavy (non-hydrogen) atoms. The van der Waals surface area contributed by atoms with Gasteiger partial charge in [0, 0.05) is 12.0 Å². The highest BCUT2D eigenvalue weighted by Crippen LogP contribution is 2.33. The normalized spacial score (nSPS) is 16.2. The van der Waals surface area contributed by atoms with E-state index in [9.17, 15) is 4.79 Å². The molecule has 2 aromatic rings. The largest absolute Gasteiger partial charge is 0.360 e. The van der Waals surface area contributed by atoms with Gasteiger partial charge in [-0.1, -0.05) is 49.5 Å². The van der Waals surface area contributed by atoms with Crippen molar-refractivity contribution in [3.8, 4) is 0 Å². The summed E-state index contributed by atoms with van der Waals surface area (Å²) >= 11 is 1.42. The summed E-state index contributed by atoms with van der Waals surface area (Å²) in [6, 6.07) is 1.71. The van der Waals surface area contributed by atoms with Crippen LogP contribution in [-0.2, 0) is 4.79 Å². The lowest BCUT2D eigenvalue weighted by Gasteiger charge is -2.13. The number of hydrogen-bond acceptors (Lipinski definition) is 6. The second-order valence-corrected chi connectivity index (χ2v) is 7.72. The lowest BCUT2D eigenvalue weighted by Crippen LogP contribution is -2.25. The molecule has 1 amide bonds. The van der Waals surface area contributed by atoms with E-state index >= 15 is 0 Å². The molecule has 2 N–H and O–H groups in total. The molecule has 8 heteroatoms. The van der Waals surface area contributed by atoms with Gasteiger partial charge in [0.1, 0.15) is 11.6 Å². The SMILES string of the molecule is CCCC[C@H](Sc1n[nH]c(C2CCCC2)n1)C(=O)Nc1cc(C)on1. The van der Waals surface area contributed by atoms with Crippen LogP contribution in [0.2, 0.25) is 0 Å². The highest BCUT2D eigenvalue weighted by Gasteiger charge is 2.25. The Morgan fingerprint density at radius 2 is 2.28 bits per heavy atom. The zero-order valence-corrected chi connectivity index (χ0v) is 15.6. The molecule has 0 aliphatic heterocycles. The molecule has 0 aromatic carbocycles. The van der Waals surface area contributed by atoms with Gasteiger partial charge in [-0.3, -0.25) is 9.89 Å². The van der Waals surface area contributed by atoms with Crippen molar-refractivity contribution in [2.75, 3.05) is 5.32 Å². The average molecular weight is 363 g/mol. The van der Waals surface area contributed by atoms with Crippen LogP contribution in [0.15, 0.2) is 15.7 Å². The minimum Gasteiger partial charge on any atom is -0.360 e. The Kier molecular flexibility index (Phi) is 6.12. The van der Waals surface area contributed by atoms with Gasteiger partial charge in [-0.15, -0.1) is 5.10 Å². The van der Waals surface area contributed by atoms with Crippen molar-refractivity contribution in [1.29, 1.82) is 0 Å². The van der Waals surface area contributed by atoms with E-state index in [1.165, 1.54) is 37.4 Å². The topological polar surface area (TPSA) is 96.7 Å². The van der Waals surface area contributed by atoms with E-state index < -0.39 is 0 Å². The van der Waals surface area contributed by atoms with Gasteiger partial charge in [0.05, 0.1) is 5.25 Å². The minimum absolute atomic E-state index is 0.0843. The van der Waals surface area contributed by atoms with Crippen LogP contribution in [0.5, 0.6) is 0 Å². The van der Waals surface area contributed by atoms with Gasteiger partial charge in [-0.05, 0) is 26.2 Å². The monoisotopic (exact) mass is 363 g/mol.